The van der Waals surface area contributed by atoms with Crippen molar-refractivity contribution in [1.82, 2.24) is 0 Å². The number of rotatable bonds is 3. The van der Waals surface area contributed by atoms with Gasteiger partial charge in [-0.2, -0.15) is 0 Å². The van der Waals surface area contributed by atoms with Crippen LogP contribution in [0, 0.1) is 6.92 Å². The molecule has 0 fully saturated rings. The van der Waals surface area contributed by atoms with Crippen molar-refractivity contribution < 1.29 is 15.0 Å². The number of thiophene rings is 1. The minimum Gasteiger partial charge on any atom is -0.478 e. The molecule has 1 aromatic carbocycles. The normalized spacial score (nSPS) is 12.4. The third-order valence-corrected chi connectivity index (χ3v) is 4.28. The summed E-state index contributed by atoms with van der Waals surface area (Å²) in [6.07, 6.45) is -0.917. The Bertz CT molecular complexity index is 592. The van der Waals surface area contributed by atoms with Crippen molar-refractivity contribution in [2.24, 2.45) is 0 Å². The van der Waals surface area contributed by atoms with Gasteiger partial charge in [0.25, 0.3) is 0 Å². The van der Waals surface area contributed by atoms with Gasteiger partial charge in [-0.05, 0) is 46.1 Å². The molecule has 2 rings (SSSR count). The van der Waals surface area contributed by atoms with Crippen LogP contribution in [-0.2, 0) is 0 Å². The summed E-state index contributed by atoms with van der Waals surface area (Å²) >= 11 is 4.88. The molecule has 94 valence electrons. The number of carboxylic acids is 1. The summed E-state index contributed by atoms with van der Waals surface area (Å²) in [5, 5.41) is 19.5. The lowest BCUT2D eigenvalue weighted by Crippen LogP contribution is -2.08. The van der Waals surface area contributed by atoms with E-state index in [9.17, 15) is 9.90 Å². The second kappa shape index (κ2) is 5.22. The highest BCUT2D eigenvalue weighted by molar-refractivity contribution is 9.11. The zero-order valence-corrected chi connectivity index (χ0v) is 12.0. The number of carboxylic acid groups (broad SMARTS) is 1. The summed E-state index contributed by atoms with van der Waals surface area (Å²) < 4.78 is 0.918. The van der Waals surface area contributed by atoms with Crippen molar-refractivity contribution in [2.75, 3.05) is 0 Å². The van der Waals surface area contributed by atoms with Crippen molar-refractivity contribution in [3.8, 4) is 0 Å². The molecule has 0 spiro atoms. The van der Waals surface area contributed by atoms with Crippen LogP contribution >= 0.6 is 27.3 Å². The number of hydrogen-bond acceptors (Lipinski definition) is 3. The topological polar surface area (TPSA) is 57.5 Å². The quantitative estimate of drug-likeness (QED) is 0.906. The standard InChI is InChI=1S/C13H11BrO3S/c1-7-10(6-11(14)18-7)12(15)8-4-2-3-5-9(8)13(16)17/h2-6,12,15H,1H3,(H,16,17). The molecule has 2 aromatic rings. The van der Waals surface area contributed by atoms with E-state index in [1.54, 1.807) is 18.2 Å². The Kier molecular flexibility index (Phi) is 3.85. The second-order valence-corrected chi connectivity index (χ2v) is 6.49. The van der Waals surface area contributed by atoms with E-state index in [0.717, 1.165) is 14.2 Å². The zero-order valence-electron chi connectivity index (χ0n) is 9.55. The van der Waals surface area contributed by atoms with Gasteiger partial charge in [0.1, 0.15) is 6.10 Å². The molecule has 1 heterocycles. The molecule has 18 heavy (non-hydrogen) atoms. The Balaban J connectivity index is 2.49. The highest BCUT2D eigenvalue weighted by atomic mass is 79.9. The molecule has 0 bridgehead atoms. The average molecular weight is 327 g/mol. The lowest BCUT2D eigenvalue weighted by Gasteiger charge is -2.13. The van der Waals surface area contributed by atoms with Crippen LogP contribution in [0.2, 0.25) is 0 Å². The lowest BCUT2D eigenvalue weighted by molar-refractivity contribution is 0.0691. The maximum Gasteiger partial charge on any atom is 0.336 e. The molecular formula is C13H11BrO3S. The average Bonchev–Trinajstić information content (AvgIpc) is 2.67. The van der Waals surface area contributed by atoms with E-state index in [4.69, 9.17) is 5.11 Å². The highest BCUT2D eigenvalue weighted by Gasteiger charge is 2.20. The van der Waals surface area contributed by atoms with Crippen LogP contribution in [0.15, 0.2) is 34.1 Å². The van der Waals surface area contributed by atoms with Gasteiger partial charge in [-0.3, -0.25) is 0 Å². The van der Waals surface area contributed by atoms with E-state index in [2.05, 4.69) is 15.9 Å². The van der Waals surface area contributed by atoms with Crippen LogP contribution in [0.4, 0.5) is 0 Å². The number of aryl methyl sites for hydroxylation is 1. The molecule has 0 aliphatic rings. The molecule has 5 heteroatoms. The Hall–Kier alpha value is -1.17. The number of aromatic carboxylic acids is 1. The second-order valence-electron chi connectivity index (χ2n) is 3.86. The molecule has 0 saturated heterocycles. The third-order valence-electron chi connectivity index (χ3n) is 2.71. The first-order valence-corrected chi connectivity index (χ1v) is 6.87. The molecule has 0 amide bonds. The first-order chi connectivity index (χ1) is 8.50. The first kappa shape index (κ1) is 13.3. The van der Waals surface area contributed by atoms with Crippen molar-refractivity contribution >= 4 is 33.2 Å². The Morgan fingerprint density at radius 2 is 2.00 bits per heavy atom. The van der Waals surface area contributed by atoms with Gasteiger partial charge in [0, 0.05) is 4.88 Å². The lowest BCUT2D eigenvalue weighted by atomic mass is 9.97. The highest BCUT2D eigenvalue weighted by Crippen LogP contribution is 2.34. The van der Waals surface area contributed by atoms with Gasteiger partial charge < -0.3 is 10.2 Å². The SMILES string of the molecule is Cc1sc(Br)cc1C(O)c1ccccc1C(=O)O. The molecule has 0 aliphatic heterocycles. The fourth-order valence-electron chi connectivity index (χ4n) is 1.83. The first-order valence-electron chi connectivity index (χ1n) is 5.27. The molecule has 1 unspecified atom stereocenters. The predicted molar refractivity (Wildman–Crippen MR) is 74.2 cm³/mol. The summed E-state index contributed by atoms with van der Waals surface area (Å²) in [5.74, 6) is -1.03. The fourth-order valence-corrected chi connectivity index (χ4v) is 3.57. The van der Waals surface area contributed by atoms with E-state index in [1.807, 2.05) is 13.0 Å². The molecule has 3 nitrogen and oxygen atoms in total. The van der Waals surface area contributed by atoms with Crippen molar-refractivity contribution in [3.63, 3.8) is 0 Å². The molecule has 0 radical (unpaired) electrons. The molecule has 1 atom stereocenters. The Morgan fingerprint density at radius 1 is 1.33 bits per heavy atom. The summed E-state index contributed by atoms with van der Waals surface area (Å²) in [7, 11) is 0. The fraction of sp³-hybridized carbons (Fsp3) is 0.154. The third kappa shape index (κ3) is 2.48. The van der Waals surface area contributed by atoms with Crippen molar-refractivity contribution in [1.29, 1.82) is 0 Å². The number of hydrogen-bond donors (Lipinski definition) is 2. The number of aliphatic hydroxyl groups excluding tert-OH is 1. The number of aliphatic hydroxyl groups is 1. The Morgan fingerprint density at radius 3 is 2.56 bits per heavy atom. The van der Waals surface area contributed by atoms with Gasteiger partial charge in [-0.1, -0.05) is 18.2 Å². The minimum atomic E-state index is -1.03. The summed E-state index contributed by atoms with van der Waals surface area (Å²) in [4.78, 5) is 12.1. The number of carbonyl (C=O) groups is 1. The van der Waals surface area contributed by atoms with Gasteiger partial charge in [0.2, 0.25) is 0 Å². The van der Waals surface area contributed by atoms with Gasteiger partial charge >= 0.3 is 5.97 Å². The van der Waals surface area contributed by atoms with Gasteiger partial charge in [-0.25, -0.2) is 4.79 Å². The smallest absolute Gasteiger partial charge is 0.336 e. The summed E-state index contributed by atoms with van der Waals surface area (Å²) in [6, 6.07) is 8.33. The van der Waals surface area contributed by atoms with E-state index < -0.39 is 12.1 Å². The maximum absolute atomic E-state index is 11.1. The van der Waals surface area contributed by atoms with Crippen molar-refractivity contribution in [2.45, 2.75) is 13.0 Å². The van der Waals surface area contributed by atoms with Crippen LogP contribution in [-0.4, -0.2) is 16.2 Å². The number of benzene rings is 1. The van der Waals surface area contributed by atoms with Gasteiger partial charge in [-0.15, -0.1) is 11.3 Å². The minimum absolute atomic E-state index is 0.131. The van der Waals surface area contributed by atoms with Crippen LogP contribution in [0.5, 0.6) is 0 Å². The largest absolute Gasteiger partial charge is 0.478 e. The summed E-state index contributed by atoms with van der Waals surface area (Å²) in [6.45, 7) is 1.90. The monoisotopic (exact) mass is 326 g/mol. The van der Waals surface area contributed by atoms with Crippen molar-refractivity contribution in [3.05, 3.63) is 55.7 Å². The molecule has 2 N–H and O–H groups in total. The molecule has 1 aromatic heterocycles. The van der Waals surface area contributed by atoms with Crippen LogP contribution in [0.25, 0.3) is 0 Å². The summed E-state index contributed by atoms with van der Waals surface area (Å²) in [5.41, 5.74) is 1.28. The molecule has 0 saturated carbocycles. The number of halogens is 1. The van der Waals surface area contributed by atoms with E-state index in [-0.39, 0.29) is 5.56 Å². The molecule has 0 aliphatic carbocycles. The maximum atomic E-state index is 11.1. The Labute approximate surface area is 117 Å². The van der Waals surface area contributed by atoms with Gasteiger partial charge in [0.05, 0.1) is 9.35 Å². The van der Waals surface area contributed by atoms with Gasteiger partial charge in [0.15, 0.2) is 0 Å². The predicted octanol–water partition coefficient (Wildman–Crippen LogP) is 3.60. The molecular weight excluding hydrogens is 316 g/mol. The van der Waals surface area contributed by atoms with E-state index in [1.165, 1.54) is 17.4 Å². The van der Waals surface area contributed by atoms with Crippen LogP contribution < -0.4 is 0 Å². The van der Waals surface area contributed by atoms with Crippen LogP contribution in [0.3, 0.4) is 0 Å². The van der Waals surface area contributed by atoms with E-state index in [0.29, 0.717) is 5.56 Å². The van der Waals surface area contributed by atoms with Crippen LogP contribution in [0.1, 0.15) is 32.5 Å². The van der Waals surface area contributed by atoms with E-state index >= 15 is 0 Å². The zero-order chi connectivity index (χ0) is 13.3.